The third-order valence-corrected chi connectivity index (χ3v) is 4.07. The van der Waals surface area contributed by atoms with E-state index in [4.69, 9.17) is 0 Å². The molecule has 1 saturated carbocycles. The van der Waals surface area contributed by atoms with Crippen molar-refractivity contribution in [2.45, 2.75) is 51.5 Å². The number of carbonyl (C=O) groups excluding carboxylic acids is 1. The lowest BCUT2D eigenvalue weighted by atomic mass is 9.83. The summed E-state index contributed by atoms with van der Waals surface area (Å²) >= 11 is 0. The first-order chi connectivity index (χ1) is 9.31. The van der Waals surface area contributed by atoms with Crippen molar-refractivity contribution in [3.05, 3.63) is 35.9 Å². The fourth-order valence-corrected chi connectivity index (χ4v) is 2.91. The maximum atomic E-state index is 12.0. The molecule has 3 nitrogen and oxygen atoms in total. The van der Waals surface area contributed by atoms with Gasteiger partial charge >= 0.3 is 0 Å². The van der Waals surface area contributed by atoms with E-state index in [1.165, 1.54) is 32.1 Å². The van der Waals surface area contributed by atoms with E-state index in [1.54, 1.807) is 0 Å². The summed E-state index contributed by atoms with van der Waals surface area (Å²) in [5.74, 6) is 0.657. The van der Waals surface area contributed by atoms with Gasteiger partial charge in [0.15, 0.2) is 0 Å². The summed E-state index contributed by atoms with van der Waals surface area (Å²) < 4.78 is 0. The Kier molecular flexibility index (Phi) is 5.40. The van der Waals surface area contributed by atoms with Crippen LogP contribution in [0.2, 0.25) is 0 Å². The molecule has 2 rings (SSSR count). The van der Waals surface area contributed by atoms with E-state index < -0.39 is 0 Å². The van der Waals surface area contributed by atoms with Gasteiger partial charge in [0.25, 0.3) is 5.91 Å². The van der Waals surface area contributed by atoms with E-state index in [2.05, 4.69) is 17.8 Å². The second-order valence-electron chi connectivity index (χ2n) is 5.38. The summed E-state index contributed by atoms with van der Waals surface area (Å²) in [4.78, 5) is 12.0. The van der Waals surface area contributed by atoms with Gasteiger partial charge in [-0.1, -0.05) is 44.4 Å². The van der Waals surface area contributed by atoms with Crippen LogP contribution in [0.4, 0.5) is 0 Å². The van der Waals surface area contributed by atoms with Crippen LogP contribution in [0.5, 0.6) is 0 Å². The molecule has 104 valence electrons. The molecule has 0 heterocycles. The highest BCUT2D eigenvalue weighted by Gasteiger charge is 2.22. The summed E-state index contributed by atoms with van der Waals surface area (Å²) in [5, 5.41) is 0. The lowest BCUT2D eigenvalue weighted by molar-refractivity contribution is 0.0911. The quantitative estimate of drug-likeness (QED) is 0.798. The molecular formula is C16H24N2O. The number of hydrazine groups is 1. The topological polar surface area (TPSA) is 41.1 Å². The molecule has 19 heavy (non-hydrogen) atoms. The van der Waals surface area contributed by atoms with Gasteiger partial charge < -0.3 is 0 Å². The Labute approximate surface area is 115 Å². The normalized spacial score (nSPS) is 17.9. The predicted molar refractivity (Wildman–Crippen MR) is 77.7 cm³/mol. The molecule has 1 aliphatic rings. The standard InChI is InChI=1S/C16H24N2O/c1-2-15(13-9-5-3-6-10-13)17-18-16(19)14-11-7-4-8-12-14/h4,7-8,11-13,15,17H,2-3,5-6,9-10H2,1H3,(H,18,19)/t15-/m0/s1. The van der Waals surface area contributed by atoms with E-state index in [-0.39, 0.29) is 5.91 Å². The van der Waals surface area contributed by atoms with Gasteiger partial charge in [0, 0.05) is 11.6 Å². The average Bonchev–Trinajstić information content (AvgIpc) is 2.49. The average molecular weight is 260 g/mol. The van der Waals surface area contributed by atoms with Crippen molar-refractivity contribution in [3.63, 3.8) is 0 Å². The SMILES string of the molecule is CC[C@H](NNC(=O)c1ccccc1)C1CCCCC1. The minimum Gasteiger partial charge on any atom is -0.287 e. The van der Waals surface area contributed by atoms with Gasteiger partial charge in [-0.3, -0.25) is 10.2 Å². The molecule has 1 atom stereocenters. The molecule has 0 aromatic heterocycles. The van der Waals surface area contributed by atoms with Gasteiger partial charge in [-0.15, -0.1) is 0 Å². The van der Waals surface area contributed by atoms with Gasteiger partial charge in [-0.05, 0) is 37.3 Å². The van der Waals surface area contributed by atoms with Gasteiger partial charge in [0.05, 0.1) is 0 Å². The molecule has 0 bridgehead atoms. The van der Waals surface area contributed by atoms with Gasteiger partial charge in [0.2, 0.25) is 0 Å². The molecule has 1 aromatic rings. The first kappa shape index (κ1) is 14.1. The number of nitrogens with one attached hydrogen (secondary N) is 2. The zero-order chi connectivity index (χ0) is 13.5. The number of rotatable bonds is 5. The van der Waals surface area contributed by atoms with Crippen LogP contribution < -0.4 is 10.9 Å². The van der Waals surface area contributed by atoms with E-state index in [0.717, 1.165) is 6.42 Å². The van der Waals surface area contributed by atoms with Gasteiger partial charge in [0.1, 0.15) is 0 Å². The zero-order valence-electron chi connectivity index (χ0n) is 11.7. The van der Waals surface area contributed by atoms with Gasteiger partial charge in [-0.25, -0.2) is 5.43 Å². The van der Waals surface area contributed by atoms with E-state index >= 15 is 0 Å². The van der Waals surface area contributed by atoms with Crippen molar-refractivity contribution in [1.82, 2.24) is 10.9 Å². The number of benzene rings is 1. The summed E-state index contributed by atoms with van der Waals surface area (Å²) in [6.45, 7) is 2.18. The van der Waals surface area contributed by atoms with Crippen LogP contribution in [0.1, 0.15) is 55.8 Å². The molecule has 0 unspecified atom stereocenters. The van der Waals surface area contributed by atoms with Crippen LogP contribution in [-0.2, 0) is 0 Å². The van der Waals surface area contributed by atoms with Crippen LogP contribution >= 0.6 is 0 Å². The largest absolute Gasteiger partial charge is 0.287 e. The van der Waals surface area contributed by atoms with E-state index in [0.29, 0.717) is 17.5 Å². The predicted octanol–water partition coefficient (Wildman–Crippen LogP) is 3.28. The number of hydrogen-bond donors (Lipinski definition) is 2. The van der Waals surface area contributed by atoms with E-state index in [1.807, 2.05) is 30.3 Å². The van der Waals surface area contributed by atoms with Crippen LogP contribution in [-0.4, -0.2) is 11.9 Å². The van der Waals surface area contributed by atoms with Crippen molar-refractivity contribution in [2.75, 3.05) is 0 Å². The maximum Gasteiger partial charge on any atom is 0.265 e. The summed E-state index contributed by atoms with van der Waals surface area (Å²) in [7, 11) is 0. The second kappa shape index (κ2) is 7.29. The van der Waals surface area contributed by atoms with Crippen molar-refractivity contribution in [3.8, 4) is 0 Å². The number of amides is 1. The summed E-state index contributed by atoms with van der Waals surface area (Å²) in [6.07, 6.45) is 7.65. The third-order valence-electron chi connectivity index (χ3n) is 4.07. The smallest absolute Gasteiger partial charge is 0.265 e. The molecule has 1 fully saturated rings. The third kappa shape index (κ3) is 4.06. The first-order valence-electron chi connectivity index (χ1n) is 7.42. The van der Waals surface area contributed by atoms with Crippen LogP contribution in [0.3, 0.4) is 0 Å². The molecule has 0 aliphatic heterocycles. The van der Waals surface area contributed by atoms with Crippen molar-refractivity contribution in [2.24, 2.45) is 5.92 Å². The Bertz CT molecular complexity index is 385. The van der Waals surface area contributed by atoms with Gasteiger partial charge in [-0.2, -0.15) is 0 Å². The molecule has 3 heteroatoms. The van der Waals surface area contributed by atoms with Crippen LogP contribution in [0.15, 0.2) is 30.3 Å². The van der Waals surface area contributed by atoms with Crippen molar-refractivity contribution in [1.29, 1.82) is 0 Å². The van der Waals surface area contributed by atoms with E-state index in [9.17, 15) is 4.79 Å². The fourth-order valence-electron chi connectivity index (χ4n) is 2.91. The lowest BCUT2D eigenvalue weighted by Gasteiger charge is -2.30. The maximum absolute atomic E-state index is 12.0. The Morgan fingerprint density at radius 2 is 1.89 bits per heavy atom. The monoisotopic (exact) mass is 260 g/mol. The van der Waals surface area contributed by atoms with Crippen molar-refractivity contribution < 1.29 is 4.79 Å². The molecule has 1 amide bonds. The molecule has 0 spiro atoms. The highest BCUT2D eigenvalue weighted by atomic mass is 16.2. The molecule has 1 aromatic carbocycles. The lowest BCUT2D eigenvalue weighted by Crippen LogP contribution is -2.47. The fraction of sp³-hybridized carbons (Fsp3) is 0.562. The Hall–Kier alpha value is -1.35. The summed E-state index contributed by atoms with van der Waals surface area (Å²) in [6, 6.07) is 9.74. The molecule has 0 radical (unpaired) electrons. The van der Waals surface area contributed by atoms with Crippen LogP contribution in [0, 0.1) is 5.92 Å². The second-order valence-corrected chi connectivity index (χ2v) is 5.38. The highest BCUT2D eigenvalue weighted by Crippen LogP contribution is 2.27. The summed E-state index contributed by atoms with van der Waals surface area (Å²) in [5.41, 5.74) is 6.80. The molecule has 2 N–H and O–H groups in total. The highest BCUT2D eigenvalue weighted by molar-refractivity contribution is 5.93. The minimum absolute atomic E-state index is 0.0464. The molecule has 1 aliphatic carbocycles. The van der Waals surface area contributed by atoms with Crippen molar-refractivity contribution >= 4 is 5.91 Å². The first-order valence-corrected chi connectivity index (χ1v) is 7.42. The molecule has 0 saturated heterocycles. The minimum atomic E-state index is -0.0464. The Morgan fingerprint density at radius 3 is 2.53 bits per heavy atom. The van der Waals surface area contributed by atoms with Crippen LogP contribution in [0.25, 0.3) is 0 Å². The molecular weight excluding hydrogens is 236 g/mol. The Morgan fingerprint density at radius 1 is 1.21 bits per heavy atom. The zero-order valence-corrected chi connectivity index (χ0v) is 11.7. The Balaban J connectivity index is 1.84. The number of hydrogen-bond acceptors (Lipinski definition) is 2. The number of carbonyl (C=O) groups is 1.